The Labute approximate surface area is 175 Å². The summed E-state index contributed by atoms with van der Waals surface area (Å²) in [5.74, 6) is -1.25. The van der Waals surface area contributed by atoms with Crippen molar-refractivity contribution in [1.29, 1.82) is 0 Å². The van der Waals surface area contributed by atoms with Crippen LogP contribution in [0.25, 0.3) is 11.1 Å². The van der Waals surface area contributed by atoms with Crippen LogP contribution in [0, 0.1) is 5.82 Å². The molecule has 1 aromatic carbocycles. The molecule has 0 aliphatic carbocycles. The molecular weight excluding hydrogens is 422 g/mol. The Hall–Kier alpha value is -2.84. The highest BCUT2D eigenvalue weighted by Crippen LogP contribution is 2.36. The Kier molecular flexibility index (Phi) is 5.95. The summed E-state index contributed by atoms with van der Waals surface area (Å²) < 4.78 is 21.0. The van der Waals surface area contributed by atoms with Crippen LogP contribution < -0.4 is 10.5 Å². The van der Waals surface area contributed by atoms with E-state index in [1.54, 1.807) is 19.2 Å². The van der Waals surface area contributed by atoms with E-state index in [-0.39, 0.29) is 21.6 Å². The minimum atomic E-state index is -1.00. The van der Waals surface area contributed by atoms with Crippen molar-refractivity contribution in [2.75, 3.05) is 5.73 Å². The van der Waals surface area contributed by atoms with Crippen LogP contribution >= 0.6 is 23.2 Å². The normalized spacial score (nSPS) is 13.1. The average molecular weight is 439 g/mol. The number of pyridine rings is 1. The summed E-state index contributed by atoms with van der Waals surface area (Å²) in [5, 5.41) is 13.3. The highest BCUT2D eigenvalue weighted by Gasteiger charge is 2.20. The van der Waals surface area contributed by atoms with Gasteiger partial charge in [0.15, 0.2) is 11.6 Å². The predicted molar refractivity (Wildman–Crippen MR) is 108 cm³/mol. The van der Waals surface area contributed by atoms with E-state index in [0.29, 0.717) is 16.7 Å². The van der Waals surface area contributed by atoms with Gasteiger partial charge in [-0.2, -0.15) is 5.10 Å². The number of carbonyl (C=O) groups is 1. The number of benzene rings is 1. The monoisotopic (exact) mass is 438 g/mol. The standard InChI is InChI=1S/C19H17Cl2FN4O3/c1-9(19(27)28)26-8-12(7-25-26)11-5-15(18(23)24-6-11)29-10(2)16-13(20)3-4-14(22)17(16)21/h3-10H,1-2H3,(H2,23,24)(H,27,28)/t9-,10?/m1/s1. The molecule has 0 aliphatic rings. The van der Waals surface area contributed by atoms with Crippen molar-refractivity contribution < 1.29 is 19.0 Å². The van der Waals surface area contributed by atoms with E-state index in [9.17, 15) is 9.18 Å². The molecule has 2 atom stereocenters. The molecule has 0 aliphatic heterocycles. The summed E-state index contributed by atoms with van der Waals surface area (Å²) in [7, 11) is 0. The molecule has 3 aromatic rings. The number of nitrogens with two attached hydrogens (primary N) is 1. The van der Waals surface area contributed by atoms with Crippen molar-refractivity contribution in [3.63, 3.8) is 0 Å². The zero-order chi connectivity index (χ0) is 21.3. The molecule has 0 radical (unpaired) electrons. The Balaban J connectivity index is 1.91. The van der Waals surface area contributed by atoms with Crippen LogP contribution in [0.15, 0.2) is 36.8 Å². The van der Waals surface area contributed by atoms with E-state index in [4.69, 9.17) is 38.8 Å². The molecule has 0 fully saturated rings. The van der Waals surface area contributed by atoms with Gasteiger partial charge in [0, 0.05) is 34.1 Å². The molecule has 0 amide bonds. The second-order valence-electron chi connectivity index (χ2n) is 6.35. The van der Waals surface area contributed by atoms with Crippen LogP contribution in [-0.4, -0.2) is 25.8 Å². The topological polar surface area (TPSA) is 103 Å². The second kappa shape index (κ2) is 8.26. The number of aliphatic carboxylic acids is 1. The van der Waals surface area contributed by atoms with Crippen LogP contribution in [0.4, 0.5) is 10.2 Å². The number of nitrogens with zero attached hydrogens (tertiary/aromatic N) is 3. The van der Waals surface area contributed by atoms with E-state index in [1.165, 1.54) is 36.1 Å². The van der Waals surface area contributed by atoms with E-state index < -0.39 is 23.9 Å². The third-order valence-electron chi connectivity index (χ3n) is 4.36. The molecule has 2 heterocycles. The number of carboxylic acids is 1. The van der Waals surface area contributed by atoms with Gasteiger partial charge < -0.3 is 15.6 Å². The third kappa shape index (κ3) is 4.28. The van der Waals surface area contributed by atoms with E-state index >= 15 is 0 Å². The van der Waals surface area contributed by atoms with Gasteiger partial charge in [-0.3, -0.25) is 4.68 Å². The van der Waals surface area contributed by atoms with Crippen LogP contribution in [0.2, 0.25) is 10.0 Å². The highest BCUT2D eigenvalue weighted by molar-refractivity contribution is 6.36. The van der Waals surface area contributed by atoms with Gasteiger partial charge in [-0.15, -0.1) is 0 Å². The van der Waals surface area contributed by atoms with E-state index in [2.05, 4.69) is 10.1 Å². The number of halogens is 3. The van der Waals surface area contributed by atoms with Crippen molar-refractivity contribution in [1.82, 2.24) is 14.8 Å². The van der Waals surface area contributed by atoms with Gasteiger partial charge in [0.2, 0.25) is 0 Å². The number of hydrogen-bond donors (Lipinski definition) is 2. The summed E-state index contributed by atoms with van der Waals surface area (Å²) in [5.41, 5.74) is 7.45. The zero-order valence-corrected chi connectivity index (χ0v) is 16.9. The largest absolute Gasteiger partial charge is 0.482 e. The Morgan fingerprint density at radius 3 is 2.69 bits per heavy atom. The summed E-state index contributed by atoms with van der Waals surface area (Å²) in [4.78, 5) is 15.2. The number of nitrogen functional groups attached to an aromatic ring is 1. The van der Waals surface area contributed by atoms with Gasteiger partial charge in [0.1, 0.15) is 18.0 Å². The Morgan fingerprint density at radius 2 is 2.00 bits per heavy atom. The van der Waals surface area contributed by atoms with Crippen LogP contribution in [0.5, 0.6) is 5.75 Å². The summed E-state index contributed by atoms with van der Waals surface area (Å²) in [6.45, 7) is 3.17. The van der Waals surface area contributed by atoms with Gasteiger partial charge in [-0.25, -0.2) is 14.2 Å². The van der Waals surface area contributed by atoms with Crippen molar-refractivity contribution >= 4 is 35.0 Å². The Bertz CT molecular complexity index is 1070. The second-order valence-corrected chi connectivity index (χ2v) is 7.13. The van der Waals surface area contributed by atoms with Crippen molar-refractivity contribution in [3.8, 4) is 16.9 Å². The first kappa shape index (κ1) is 20.9. The van der Waals surface area contributed by atoms with Crippen LogP contribution in [0.1, 0.15) is 31.6 Å². The SMILES string of the molecule is CC(Oc1cc(-c2cnn([C@H](C)C(=O)O)c2)cnc1N)c1c(Cl)ccc(F)c1Cl. The molecule has 0 bridgehead atoms. The van der Waals surface area contributed by atoms with Crippen LogP contribution in [-0.2, 0) is 4.79 Å². The maximum atomic E-state index is 13.8. The fourth-order valence-corrected chi connectivity index (χ4v) is 3.36. The maximum Gasteiger partial charge on any atom is 0.328 e. The number of rotatable bonds is 6. The van der Waals surface area contributed by atoms with Gasteiger partial charge >= 0.3 is 5.97 Å². The lowest BCUT2D eigenvalue weighted by Crippen LogP contribution is -2.15. The van der Waals surface area contributed by atoms with E-state index in [1.807, 2.05) is 0 Å². The maximum absolute atomic E-state index is 13.8. The fourth-order valence-electron chi connectivity index (χ4n) is 2.68. The molecule has 152 valence electrons. The lowest BCUT2D eigenvalue weighted by atomic mass is 10.1. The minimum absolute atomic E-state index is 0.121. The smallest absolute Gasteiger partial charge is 0.328 e. The molecule has 3 N–H and O–H groups in total. The Morgan fingerprint density at radius 1 is 1.28 bits per heavy atom. The molecule has 7 nitrogen and oxygen atoms in total. The number of hydrogen-bond acceptors (Lipinski definition) is 5. The molecule has 29 heavy (non-hydrogen) atoms. The van der Waals surface area contributed by atoms with Gasteiger partial charge in [-0.1, -0.05) is 23.2 Å². The molecule has 0 saturated heterocycles. The first-order valence-electron chi connectivity index (χ1n) is 8.52. The number of aromatic nitrogens is 3. The lowest BCUT2D eigenvalue weighted by molar-refractivity contribution is -0.140. The van der Waals surface area contributed by atoms with Crippen LogP contribution in [0.3, 0.4) is 0 Å². The van der Waals surface area contributed by atoms with E-state index in [0.717, 1.165) is 0 Å². The molecule has 2 aromatic heterocycles. The molecule has 10 heteroatoms. The lowest BCUT2D eigenvalue weighted by Gasteiger charge is -2.19. The third-order valence-corrected chi connectivity index (χ3v) is 5.07. The average Bonchev–Trinajstić information content (AvgIpc) is 3.16. The fraction of sp³-hybridized carbons (Fsp3) is 0.211. The number of anilines is 1. The molecule has 0 spiro atoms. The number of carboxylic acid groups (broad SMARTS) is 1. The number of ether oxygens (including phenoxy) is 1. The first-order valence-corrected chi connectivity index (χ1v) is 9.27. The molecular formula is C19H17Cl2FN4O3. The van der Waals surface area contributed by atoms with Crippen molar-refractivity contribution in [2.45, 2.75) is 26.0 Å². The summed E-state index contributed by atoms with van der Waals surface area (Å²) in [6.07, 6.45) is 3.90. The quantitative estimate of drug-likeness (QED) is 0.537. The predicted octanol–water partition coefficient (Wildman–Crippen LogP) is 4.76. The first-order chi connectivity index (χ1) is 13.7. The summed E-state index contributed by atoms with van der Waals surface area (Å²) >= 11 is 12.2. The molecule has 0 saturated carbocycles. The summed E-state index contributed by atoms with van der Waals surface area (Å²) in [6, 6.07) is 3.38. The van der Waals surface area contributed by atoms with Gasteiger partial charge in [0.05, 0.1) is 11.2 Å². The van der Waals surface area contributed by atoms with Gasteiger partial charge in [0.25, 0.3) is 0 Å². The molecule has 3 rings (SSSR count). The molecule has 1 unspecified atom stereocenters. The van der Waals surface area contributed by atoms with Crippen molar-refractivity contribution in [2.24, 2.45) is 0 Å². The van der Waals surface area contributed by atoms with Gasteiger partial charge in [-0.05, 0) is 32.0 Å². The van der Waals surface area contributed by atoms with Crippen molar-refractivity contribution in [3.05, 3.63) is 58.2 Å². The highest BCUT2D eigenvalue weighted by atomic mass is 35.5. The zero-order valence-electron chi connectivity index (χ0n) is 15.4. The minimum Gasteiger partial charge on any atom is -0.482 e.